The van der Waals surface area contributed by atoms with E-state index in [1.807, 2.05) is 0 Å². The maximum Gasteiger partial charge on any atom is 0.573 e. The van der Waals surface area contributed by atoms with Gasteiger partial charge in [-0.1, -0.05) is 29.3 Å². The average Bonchev–Trinajstić information content (AvgIpc) is 2.33. The number of rotatable bonds is 2. The van der Waals surface area contributed by atoms with Crippen LogP contribution in [0.25, 0.3) is 11.3 Å². The summed E-state index contributed by atoms with van der Waals surface area (Å²) in [6.07, 6.45) is -4.03. The fraction of sp³-hybridized carbons (Fsp3) is 0.0909. The van der Waals surface area contributed by atoms with Gasteiger partial charge in [0.05, 0.1) is 16.2 Å². The van der Waals surface area contributed by atoms with E-state index in [1.54, 1.807) is 0 Å². The summed E-state index contributed by atoms with van der Waals surface area (Å²) in [5.41, 5.74) is 5.52. The van der Waals surface area contributed by atoms with Gasteiger partial charge in [-0.15, -0.1) is 13.2 Å². The molecule has 0 fully saturated rings. The minimum Gasteiger partial charge on any atom is -0.402 e. The molecule has 2 rings (SSSR count). The molecule has 0 aliphatic carbocycles. The first-order chi connectivity index (χ1) is 9.26. The highest BCUT2D eigenvalue weighted by Crippen LogP contribution is 2.34. The Morgan fingerprint density at radius 2 is 1.85 bits per heavy atom. The van der Waals surface area contributed by atoms with Crippen LogP contribution in [-0.4, -0.2) is 16.3 Å². The van der Waals surface area contributed by atoms with Gasteiger partial charge in [-0.2, -0.15) is 0 Å². The number of nitrogens with zero attached hydrogens (tertiary/aromatic N) is 2. The van der Waals surface area contributed by atoms with E-state index in [1.165, 1.54) is 18.2 Å². The summed E-state index contributed by atoms with van der Waals surface area (Å²) in [6.45, 7) is 0. The van der Waals surface area contributed by atoms with Crippen LogP contribution in [-0.2, 0) is 0 Å². The monoisotopic (exact) mass is 323 g/mol. The Morgan fingerprint density at radius 1 is 1.15 bits per heavy atom. The second-order valence-corrected chi connectivity index (χ2v) is 4.43. The molecule has 0 amide bonds. The highest BCUT2D eigenvalue weighted by molar-refractivity contribution is 6.42. The van der Waals surface area contributed by atoms with Crippen molar-refractivity contribution >= 4 is 29.2 Å². The number of ether oxygens (including phenoxy) is 1. The molecule has 1 aromatic carbocycles. The molecule has 106 valence electrons. The number of nitrogens with two attached hydrogens (primary N) is 1. The van der Waals surface area contributed by atoms with Crippen molar-refractivity contribution in [1.82, 2.24) is 9.97 Å². The predicted octanol–water partition coefficient (Wildman–Crippen LogP) is 3.93. The molecule has 0 bridgehead atoms. The van der Waals surface area contributed by atoms with Crippen LogP contribution in [0.3, 0.4) is 0 Å². The van der Waals surface area contributed by atoms with Crippen molar-refractivity contribution in [3.8, 4) is 17.0 Å². The normalized spacial score (nSPS) is 11.4. The molecule has 2 aromatic rings. The molecule has 2 N–H and O–H groups in total. The zero-order valence-corrected chi connectivity index (χ0v) is 11.1. The molecule has 20 heavy (non-hydrogen) atoms. The van der Waals surface area contributed by atoms with Gasteiger partial charge >= 0.3 is 6.36 Å². The summed E-state index contributed by atoms with van der Waals surface area (Å²) in [5.74, 6) is -0.773. The number of anilines is 1. The van der Waals surface area contributed by atoms with Crippen molar-refractivity contribution in [1.29, 1.82) is 0 Å². The Labute approximate surface area is 121 Å². The van der Waals surface area contributed by atoms with Crippen LogP contribution in [0.5, 0.6) is 5.75 Å². The Morgan fingerprint density at radius 3 is 2.45 bits per heavy atom. The van der Waals surface area contributed by atoms with Crippen LogP contribution in [0.4, 0.5) is 19.1 Å². The van der Waals surface area contributed by atoms with Crippen molar-refractivity contribution in [2.24, 2.45) is 0 Å². The number of benzene rings is 1. The van der Waals surface area contributed by atoms with E-state index in [0.717, 1.165) is 6.20 Å². The third-order valence-electron chi connectivity index (χ3n) is 2.19. The van der Waals surface area contributed by atoms with E-state index in [-0.39, 0.29) is 27.3 Å². The van der Waals surface area contributed by atoms with E-state index < -0.39 is 12.1 Å². The molecule has 4 nitrogen and oxygen atoms in total. The van der Waals surface area contributed by atoms with Crippen molar-refractivity contribution in [3.63, 3.8) is 0 Å². The Balaban J connectivity index is 2.53. The van der Waals surface area contributed by atoms with Crippen LogP contribution in [0.15, 0.2) is 24.4 Å². The SMILES string of the molecule is Nc1ncc(OC(F)(F)F)c(-c2ccc(Cl)c(Cl)c2)n1. The number of aromatic nitrogens is 2. The first-order valence-electron chi connectivity index (χ1n) is 5.10. The average molecular weight is 324 g/mol. The van der Waals surface area contributed by atoms with Crippen LogP contribution in [0.2, 0.25) is 10.0 Å². The molecule has 0 aliphatic heterocycles. The van der Waals surface area contributed by atoms with E-state index in [4.69, 9.17) is 28.9 Å². The van der Waals surface area contributed by atoms with E-state index in [9.17, 15) is 13.2 Å². The zero-order chi connectivity index (χ0) is 14.9. The zero-order valence-electron chi connectivity index (χ0n) is 9.58. The molecule has 0 saturated heterocycles. The molecule has 0 unspecified atom stereocenters. The summed E-state index contributed by atoms with van der Waals surface area (Å²) < 4.78 is 40.8. The Kier molecular flexibility index (Phi) is 3.92. The van der Waals surface area contributed by atoms with Crippen molar-refractivity contribution in [2.45, 2.75) is 6.36 Å². The summed E-state index contributed by atoms with van der Waals surface area (Å²) in [6, 6.07) is 4.23. The van der Waals surface area contributed by atoms with Gasteiger partial charge in [0.2, 0.25) is 5.95 Å². The van der Waals surface area contributed by atoms with Crippen molar-refractivity contribution in [2.75, 3.05) is 5.73 Å². The van der Waals surface area contributed by atoms with Gasteiger partial charge in [0, 0.05) is 5.56 Å². The topological polar surface area (TPSA) is 61.0 Å². The molecule has 0 saturated carbocycles. The summed E-state index contributed by atoms with van der Waals surface area (Å²) in [7, 11) is 0. The fourth-order valence-corrected chi connectivity index (χ4v) is 1.73. The lowest BCUT2D eigenvalue weighted by Crippen LogP contribution is -2.18. The minimum absolute atomic E-state index is 0.131. The van der Waals surface area contributed by atoms with Crippen LogP contribution < -0.4 is 10.5 Å². The standard InChI is InChI=1S/C11H6Cl2F3N3O/c12-6-2-1-5(3-7(6)13)9-8(20-11(14,15)16)4-18-10(17)19-9/h1-4H,(H2,17,18,19). The Hall–Kier alpha value is -1.73. The summed E-state index contributed by atoms with van der Waals surface area (Å²) in [4.78, 5) is 7.21. The van der Waals surface area contributed by atoms with Gasteiger partial charge in [-0.3, -0.25) is 0 Å². The van der Waals surface area contributed by atoms with E-state index in [0.29, 0.717) is 0 Å². The fourth-order valence-electron chi connectivity index (χ4n) is 1.43. The van der Waals surface area contributed by atoms with Gasteiger partial charge in [0.25, 0.3) is 0 Å². The molecule has 0 radical (unpaired) electrons. The summed E-state index contributed by atoms with van der Waals surface area (Å²) in [5, 5.41) is 0.426. The van der Waals surface area contributed by atoms with E-state index in [2.05, 4.69) is 14.7 Å². The second kappa shape index (κ2) is 5.34. The first-order valence-corrected chi connectivity index (χ1v) is 5.85. The van der Waals surface area contributed by atoms with Gasteiger partial charge in [-0.25, -0.2) is 9.97 Å². The molecular formula is C11H6Cl2F3N3O. The number of hydrogen-bond acceptors (Lipinski definition) is 4. The van der Waals surface area contributed by atoms with Crippen LogP contribution in [0, 0.1) is 0 Å². The second-order valence-electron chi connectivity index (χ2n) is 3.62. The van der Waals surface area contributed by atoms with Gasteiger partial charge < -0.3 is 10.5 Å². The van der Waals surface area contributed by atoms with Gasteiger partial charge in [-0.05, 0) is 12.1 Å². The first kappa shape index (κ1) is 14.7. The highest BCUT2D eigenvalue weighted by atomic mass is 35.5. The van der Waals surface area contributed by atoms with Crippen LogP contribution in [0.1, 0.15) is 0 Å². The number of hydrogen-bond donors (Lipinski definition) is 1. The van der Waals surface area contributed by atoms with Gasteiger partial charge in [0.15, 0.2) is 5.75 Å². The number of alkyl halides is 3. The molecule has 0 aliphatic rings. The molecule has 0 spiro atoms. The number of nitrogen functional groups attached to an aromatic ring is 1. The lowest BCUT2D eigenvalue weighted by molar-refractivity contribution is -0.274. The third kappa shape index (κ3) is 3.43. The van der Waals surface area contributed by atoms with Gasteiger partial charge in [0.1, 0.15) is 5.69 Å². The minimum atomic E-state index is -4.87. The molecule has 0 atom stereocenters. The number of halogens is 5. The maximum atomic E-state index is 12.3. The lowest BCUT2D eigenvalue weighted by atomic mass is 10.1. The summed E-state index contributed by atoms with van der Waals surface area (Å²) >= 11 is 11.6. The quantitative estimate of drug-likeness (QED) is 0.909. The Bertz CT molecular complexity index is 649. The third-order valence-corrected chi connectivity index (χ3v) is 2.93. The van der Waals surface area contributed by atoms with Crippen molar-refractivity contribution in [3.05, 3.63) is 34.4 Å². The van der Waals surface area contributed by atoms with Crippen molar-refractivity contribution < 1.29 is 17.9 Å². The van der Waals surface area contributed by atoms with Crippen LogP contribution >= 0.6 is 23.2 Å². The molecule has 1 heterocycles. The maximum absolute atomic E-state index is 12.3. The van der Waals surface area contributed by atoms with E-state index >= 15 is 0 Å². The largest absolute Gasteiger partial charge is 0.573 e. The smallest absolute Gasteiger partial charge is 0.402 e. The lowest BCUT2D eigenvalue weighted by Gasteiger charge is -2.12. The highest BCUT2D eigenvalue weighted by Gasteiger charge is 2.33. The molecule has 1 aromatic heterocycles. The molecular weight excluding hydrogens is 318 g/mol. The molecule has 9 heteroatoms. The predicted molar refractivity (Wildman–Crippen MR) is 68.6 cm³/mol.